The zero-order valence-corrected chi connectivity index (χ0v) is 14.9. The number of esters is 1. The van der Waals surface area contributed by atoms with E-state index in [2.05, 4.69) is 21.2 Å². The highest BCUT2D eigenvalue weighted by molar-refractivity contribution is 9.10. The summed E-state index contributed by atoms with van der Waals surface area (Å²) in [4.78, 5) is 23.7. The van der Waals surface area contributed by atoms with Crippen LogP contribution in [0.5, 0.6) is 0 Å². The molecule has 0 bridgehead atoms. The predicted octanol–water partition coefficient (Wildman–Crippen LogP) is 3.93. The molecule has 4 nitrogen and oxygen atoms in total. The van der Waals surface area contributed by atoms with Gasteiger partial charge in [0.2, 0.25) is 0 Å². The van der Waals surface area contributed by atoms with Crippen molar-refractivity contribution in [1.82, 2.24) is 5.32 Å². The molecule has 2 rings (SSSR count). The average Bonchev–Trinajstić information content (AvgIpc) is 2.55. The van der Waals surface area contributed by atoms with Crippen LogP contribution in [0.25, 0.3) is 0 Å². The number of nitrogens with one attached hydrogen (secondary N) is 1. The second-order valence-corrected chi connectivity index (χ2v) is 6.30. The van der Waals surface area contributed by atoms with Crippen LogP contribution in [-0.4, -0.2) is 18.5 Å². The fraction of sp³-hybridized carbons (Fsp3) is 0.222. The maximum Gasteiger partial charge on any atom is 0.338 e. The van der Waals surface area contributed by atoms with Crippen LogP contribution >= 0.6 is 15.9 Å². The zero-order valence-electron chi connectivity index (χ0n) is 13.3. The van der Waals surface area contributed by atoms with Crippen molar-refractivity contribution in [3.8, 4) is 0 Å². The van der Waals surface area contributed by atoms with Crippen LogP contribution in [0.1, 0.15) is 34.5 Å². The molecule has 1 N–H and O–H groups in total. The van der Waals surface area contributed by atoms with Crippen LogP contribution in [0.4, 0.5) is 4.39 Å². The van der Waals surface area contributed by atoms with E-state index in [-0.39, 0.29) is 11.6 Å². The number of hydrogen-bond acceptors (Lipinski definition) is 3. The normalized spacial score (nSPS) is 11.7. The van der Waals surface area contributed by atoms with Crippen LogP contribution in [-0.2, 0) is 9.53 Å². The molecule has 126 valence electrons. The van der Waals surface area contributed by atoms with Crippen molar-refractivity contribution in [2.24, 2.45) is 0 Å². The third kappa shape index (κ3) is 4.89. The summed E-state index contributed by atoms with van der Waals surface area (Å²) < 4.78 is 19.3. The Balaban J connectivity index is 1.87. The lowest BCUT2D eigenvalue weighted by atomic mass is 10.1. The number of halogens is 2. The van der Waals surface area contributed by atoms with Crippen LogP contribution in [0.2, 0.25) is 0 Å². The molecule has 1 atom stereocenters. The predicted molar refractivity (Wildman–Crippen MR) is 92.1 cm³/mol. The van der Waals surface area contributed by atoms with Gasteiger partial charge in [-0.2, -0.15) is 0 Å². The maximum atomic E-state index is 13.4. The van der Waals surface area contributed by atoms with Gasteiger partial charge in [0.1, 0.15) is 5.82 Å². The van der Waals surface area contributed by atoms with Crippen molar-refractivity contribution in [3.05, 3.63) is 69.4 Å². The van der Waals surface area contributed by atoms with Crippen molar-refractivity contribution >= 4 is 27.8 Å². The van der Waals surface area contributed by atoms with E-state index in [9.17, 15) is 14.0 Å². The minimum Gasteiger partial charge on any atom is -0.452 e. The van der Waals surface area contributed by atoms with Crippen molar-refractivity contribution in [2.75, 3.05) is 6.61 Å². The molecular weight excluding hydrogens is 377 g/mol. The Labute approximate surface area is 148 Å². The summed E-state index contributed by atoms with van der Waals surface area (Å²) in [5.74, 6) is -1.65. The number of carbonyl (C=O) groups excluding carboxylic acids is 2. The molecule has 2 aromatic rings. The minimum absolute atomic E-state index is 0.0758. The molecule has 0 aliphatic heterocycles. The number of amides is 1. The first kappa shape index (κ1) is 18.1. The van der Waals surface area contributed by atoms with E-state index in [4.69, 9.17) is 4.74 Å². The first-order valence-corrected chi connectivity index (χ1v) is 8.14. The van der Waals surface area contributed by atoms with Crippen molar-refractivity contribution in [1.29, 1.82) is 0 Å². The molecule has 6 heteroatoms. The summed E-state index contributed by atoms with van der Waals surface area (Å²) in [6.45, 7) is 3.01. The molecule has 0 radical (unpaired) electrons. The molecule has 0 fully saturated rings. The van der Waals surface area contributed by atoms with Crippen LogP contribution < -0.4 is 5.32 Å². The van der Waals surface area contributed by atoms with E-state index in [1.165, 1.54) is 12.1 Å². The SMILES string of the molecule is Cc1ccc(C(=O)OCC(=O)N[C@@H](C)c2ccc(Br)cc2)cc1F. The van der Waals surface area contributed by atoms with Crippen LogP contribution in [0.3, 0.4) is 0 Å². The Kier molecular flexibility index (Phi) is 6.09. The van der Waals surface area contributed by atoms with E-state index in [0.29, 0.717) is 5.56 Å². The van der Waals surface area contributed by atoms with Crippen LogP contribution in [0, 0.1) is 12.7 Å². The molecule has 0 saturated heterocycles. The minimum atomic E-state index is -0.736. The van der Waals surface area contributed by atoms with E-state index < -0.39 is 24.3 Å². The summed E-state index contributed by atoms with van der Waals surface area (Å²) in [7, 11) is 0. The highest BCUT2D eigenvalue weighted by atomic mass is 79.9. The zero-order chi connectivity index (χ0) is 17.7. The third-order valence-electron chi connectivity index (χ3n) is 3.49. The monoisotopic (exact) mass is 393 g/mol. The van der Waals surface area contributed by atoms with Crippen molar-refractivity contribution in [2.45, 2.75) is 19.9 Å². The molecule has 0 aromatic heterocycles. The maximum absolute atomic E-state index is 13.4. The smallest absolute Gasteiger partial charge is 0.338 e. The fourth-order valence-electron chi connectivity index (χ4n) is 2.05. The molecule has 0 unspecified atom stereocenters. The molecular formula is C18H17BrFNO3. The number of rotatable bonds is 5. The summed E-state index contributed by atoms with van der Waals surface area (Å²) in [5, 5.41) is 2.74. The van der Waals surface area contributed by atoms with Gasteiger partial charge in [0, 0.05) is 4.47 Å². The topological polar surface area (TPSA) is 55.4 Å². The number of carbonyl (C=O) groups is 2. The van der Waals surface area contributed by atoms with E-state index in [0.717, 1.165) is 16.1 Å². The summed E-state index contributed by atoms with van der Waals surface area (Å²) in [6, 6.07) is 11.4. The molecule has 0 aliphatic rings. The standard InChI is InChI=1S/C18H17BrFNO3/c1-11-3-4-14(9-16(11)20)18(23)24-10-17(22)21-12(2)13-5-7-15(19)8-6-13/h3-9,12H,10H2,1-2H3,(H,21,22)/t12-/m0/s1. The summed E-state index contributed by atoms with van der Waals surface area (Å²) >= 11 is 3.35. The average molecular weight is 394 g/mol. The van der Waals surface area contributed by atoms with Crippen molar-refractivity contribution < 1.29 is 18.7 Å². The van der Waals surface area contributed by atoms with Gasteiger partial charge in [-0.05, 0) is 49.2 Å². The van der Waals surface area contributed by atoms with Gasteiger partial charge < -0.3 is 10.1 Å². The van der Waals surface area contributed by atoms with E-state index >= 15 is 0 Å². The molecule has 0 saturated carbocycles. The van der Waals surface area contributed by atoms with Gasteiger partial charge in [-0.3, -0.25) is 4.79 Å². The van der Waals surface area contributed by atoms with Crippen molar-refractivity contribution in [3.63, 3.8) is 0 Å². The van der Waals surface area contributed by atoms with Gasteiger partial charge in [-0.15, -0.1) is 0 Å². The highest BCUT2D eigenvalue weighted by Crippen LogP contribution is 2.16. The molecule has 1 amide bonds. The lowest BCUT2D eigenvalue weighted by molar-refractivity contribution is -0.124. The highest BCUT2D eigenvalue weighted by Gasteiger charge is 2.14. The summed E-state index contributed by atoms with van der Waals surface area (Å²) in [6.07, 6.45) is 0. The second-order valence-electron chi connectivity index (χ2n) is 5.38. The Hall–Kier alpha value is -2.21. The van der Waals surface area contributed by atoms with Gasteiger partial charge >= 0.3 is 5.97 Å². The second kappa shape index (κ2) is 8.06. The third-order valence-corrected chi connectivity index (χ3v) is 4.02. The van der Waals surface area contributed by atoms with Gasteiger partial charge in [-0.25, -0.2) is 9.18 Å². The van der Waals surface area contributed by atoms with E-state index in [1.54, 1.807) is 6.92 Å². The molecule has 0 aliphatic carbocycles. The molecule has 2 aromatic carbocycles. The quantitative estimate of drug-likeness (QED) is 0.782. The lowest BCUT2D eigenvalue weighted by Crippen LogP contribution is -2.31. The fourth-order valence-corrected chi connectivity index (χ4v) is 2.32. The van der Waals surface area contributed by atoms with Gasteiger partial charge in [-0.1, -0.05) is 34.1 Å². The van der Waals surface area contributed by atoms with Gasteiger partial charge in [0.25, 0.3) is 5.91 Å². The number of aryl methyl sites for hydroxylation is 1. The molecule has 0 spiro atoms. The molecule has 24 heavy (non-hydrogen) atoms. The number of benzene rings is 2. The largest absolute Gasteiger partial charge is 0.452 e. The van der Waals surface area contributed by atoms with Gasteiger partial charge in [0.05, 0.1) is 11.6 Å². The molecule has 0 heterocycles. The lowest BCUT2D eigenvalue weighted by Gasteiger charge is -2.14. The van der Waals surface area contributed by atoms with Gasteiger partial charge in [0.15, 0.2) is 6.61 Å². The Morgan fingerprint density at radius 1 is 1.21 bits per heavy atom. The number of ether oxygens (including phenoxy) is 1. The summed E-state index contributed by atoms with van der Waals surface area (Å²) in [5.41, 5.74) is 1.44. The first-order valence-electron chi connectivity index (χ1n) is 7.35. The Morgan fingerprint density at radius 3 is 2.50 bits per heavy atom. The first-order chi connectivity index (χ1) is 11.4. The van der Waals surface area contributed by atoms with Crippen LogP contribution in [0.15, 0.2) is 46.9 Å². The number of hydrogen-bond donors (Lipinski definition) is 1. The Bertz CT molecular complexity index is 746. The van der Waals surface area contributed by atoms with E-state index in [1.807, 2.05) is 31.2 Å². The Morgan fingerprint density at radius 2 is 1.88 bits per heavy atom.